The van der Waals surface area contributed by atoms with Gasteiger partial charge in [-0.05, 0) is 57.6 Å². The Morgan fingerprint density at radius 2 is 1.92 bits per heavy atom. The highest BCUT2D eigenvalue weighted by Crippen LogP contribution is 2.46. The van der Waals surface area contributed by atoms with Gasteiger partial charge in [-0.15, -0.1) is 0 Å². The number of nitrogens with one attached hydrogen (secondary N) is 2. The molecule has 2 aliphatic heterocycles. The van der Waals surface area contributed by atoms with Gasteiger partial charge in [0.1, 0.15) is 29.2 Å². The molecule has 0 spiro atoms. The van der Waals surface area contributed by atoms with Crippen molar-refractivity contribution in [2.75, 3.05) is 20.3 Å². The second-order valence-corrected chi connectivity index (χ2v) is 15.7. The second kappa shape index (κ2) is 14.1. The number of hydrogen-bond donors (Lipinski definition) is 3. The molecule has 3 heterocycles. The van der Waals surface area contributed by atoms with Crippen LogP contribution in [-0.4, -0.2) is 91.4 Å². The van der Waals surface area contributed by atoms with Crippen molar-refractivity contribution in [1.29, 1.82) is 0 Å². The maximum Gasteiger partial charge on any atom is 0.422 e. The fourth-order valence-corrected chi connectivity index (χ4v) is 8.19. The fraction of sp³-hybridized carbons (Fsp3) is 0.588. The molecule has 51 heavy (non-hydrogen) atoms. The summed E-state index contributed by atoms with van der Waals surface area (Å²) in [4.78, 5) is 47.0. The Kier molecular flexibility index (Phi) is 10.2. The van der Waals surface area contributed by atoms with Crippen LogP contribution in [0.25, 0.3) is 10.9 Å². The molecule has 1 saturated heterocycles. The molecule has 0 bridgehead atoms. The zero-order valence-electron chi connectivity index (χ0n) is 28.3. The number of ether oxygens (including phenoxy) is 3. The molecule has 2 aromatic rings. The summed E-state index contributed by atoms with van der Waals surface area (Å²) in [6.45, 7) is -0.00134. The third-order valence-corrected chi connectivity index (χ3v) is 11.7. The van der Waals surface area contributed by atoms with Crippen molar-refractivity contribution >= 4 is 38.6 Å². The summed E-state index contributed by atoms with van der Waals surface area (Å²) in [5.41, 5.74) is 5.61. The quantitative estimate of drug-likeness (QED) is 0.341. The van der Waals surface area contributed by atoms with Gasteiger partial charge in [0.05, 0.1) is 30.5 Å². The number of nitrogens with zero attached hydrogens (tertiary/aromatic N) is 2. The number of alkyl halides is 3. The first-order chi connectivity index (χ1) is 24.1. The molecule has 2 saturated carbocycles. The second-order valence-electron chi connectivity index (χ2n) is 13.8. The largest absolute Gasteiger partial charge is 0.496 e. The van der Waals surface area contributed by atoms with Crippen LogP contribution in [0, 0.1) is 12.8 Å². The number of carbonyl (C=O) groups excluding carboxylic acids is 3. The van der Waals surface area contributed by atoms with E-state index in [0.29, 0.717) is 48.8 Å². The maximum absolute atomic E-state index is 14.1. The number of methoxy groups -OCH3 is 1. The van der Waals surface area contributed by atoms with Gasteiger partial charge in [0, 0.05) is 29.4 Å². The lowest BCUT2D eigenvalue weighted by molar-refractivity contribution is -0.154. The number of pyridine rings is 1. The Bertz CT molecular complexity index is 1840. The van der Waals surface area contributed by atoms with E-state index < -0.39 is 75.4 Å². The molecule has 13 nitrogen and oxygen atoms in total. The van der Waals surface area contributed by atoms with E-state index >= 15 is 0 Å². The van der Waals surface area contributed by atoms with Crippen molar-refractivity contribution in [2.24, 2.45) is 11.7 Å². The van der Waals surface area contributed by atoms with Gasteiger partial charge in [-0.3, -0.25) is 19.1 Å². The number of benzene rings is 1. The molecule has 4 aliphatic rings. The normalized spacial score (nSPS) is 28.1. The van der Waals surface area contributed by atoms with Crippen LogP contribution in [0.2, 0.25) is 0 Å². The van der Waals surface area contributed by atoms with Gasteiger partial charge in [-0.25, -0.2) is 13.4 Å². The van der Waals surface area contributed by atoms with Crippen molar-refractivity contribution in [3.63, 3.8) is 0 Å². The number of amides is 3. The summed E-state index contributed by atoms with van der Waals surface area (Å²) in [5.74, 6) is -2.26. The highest BCUT2D eigenvalue weighted by molar-refractivity contribution is 7.91. The molecule has 278 valence electrons. The number of rotatable bonds is 8. The summed E-state index contributed by atoms with van der Waals surface area (Å²) >= 11 is 0. The van der Waals surface area contributed by atoms with Crippen molar-refractivity contribution in [2.45, 2.75) is 99.9 Å². The van der Waals surface area contributed by atoms with Crippen molar-refractivity contribution < 1.29 is 50.2 Å². The first-order valence-electron chi connectivity index (χ1n) is 17.1. The predicted molar refractivity (Wildman–Crippen MR) is 178 cm³/mol. The lowest BCUT2D eigenvalue weighted by Gasteiger charge is -2.28. The number of allylic oxidation sites excluding steroid dienone is 1. The summed E-state index contributed by atoms with van der Waals surface area (Å²) in [5, 5.41) is 2.57. The summed E-state index contributed by atoms with van der Waals surface area (Å²) in [6.07, 6.45) is 2.65. The summed E-state index contributed by atoms with van der Waals surface area (Å²) in [7, 11) is -2.46. The molecule has 4 N–H and O–H groups in total. The third kappa shape index (κ3) is 8.03. The third-order valence-electron chi connectivity index (χ3n) is 9.90. The SMILES string of the molecule is COc1ccc2c(O[C@@H]3C[C@H]4C(=O)N[C@]5(C(=O)NS(=O)(=O)C6CC6)CC5/C=C\CCCCC[C@H](N)C(=O)N4C3)cc(OCC(F)(F)F)nc2c1C. The van der Waals surface area contributed by atoms with Crippen molar-refractivity contribution in [3.8, 4) is 17.4 Å². The van der Waals surface area contributed by atoms with Crippen LogP contribution in [0.3, 0.4) is 0 Å². The van der Waals surface area contributed by atoms with Gasteiger partial charge < -0.3 is 30.2 Å². The molecular weight excluding hydrogens is 695 g/mol. The van der Waals surface area contributed by atoms with Crippen LogP contribution in [0.15, 0.2) is 30.4 Å². The predicted octanol–water partition coefficient (Wildman–Crippen LogP) is 3.17. The highest BCUT2D eigenvalue weighted by atomic mass is 32.2. The van der Waals surface area contributed by atoms with Gasteiger partial charge in [0.25, 0.3) is 5.91 Å². The Balaban J connectivity index is 1.30. The van der Waals surface area contributed by atoms with Gasteiger partial charge in [-0.1, -0.05) is 25.0 Å². The zero-order chi connectivity index (χ0) is 36.7. The average Bonchev–Trinajstić information content (AvgIpc) is 4.00. The number of aryl methyl sites for hydroxylation is 1. The van der Waals surface area contributed by atoms with E-state index in [1.165, 1.54) is 18.1 Å². The van der Waals surface area contributed by atoms with Crippen LogP contribution in [0.4, 0.5) is 13.2 Å². The average molecular weight is 738 g/mol. The Hall–Kier alpha value is -4.12. The highest BCUT2D eigenvalue weighted by Gasteiger charge is 2.62. The number of hydrogen-bond acceptors (Lipinski definition) is 10. The van der Waals surface area contributed by atoms with E-state index in [4.69, 9.17) is 19.9 Å². The molecule has 1 aromatic carbocycles. The van der Waals surface area contributed by atoms with Crippen LogP contribution in [0.5, 0.6) is 17.4 Å². The lowest BCUT2D eigenvalue weighted by atomic mass is 10.1. The van der Waals surface area contributed by atoms with E-state index in [9.17, 15) is 36.0 Å². The Labute approximate surface area is 293 Å². The molecule has 17 heteroatoms. The van der Waals surface area contributed by atoms with Gasteiger partial charge in [0.15, 0.2) is 6.61 Å². The van der Waals surface area contributed by atoms with Crippen LogP contribution in [-0.2, 0) is 24.4 Å². The number of halogens is 3. The van der Waals surface area contributed by atoms with E-state index in [1.54, 1.807) is 19.1 Å². The number of aromatic nitrogens is 1. The van der Waals surface area contributed by atoms with Gasteiger partial charge >= 0.3 is 6.18 Å². The van der Waals surface area contributed by atoms with Gasteiger partial charge in [-0.2, -0.15) is 13.2 Å². The first kappa shape index (κ1) is 36.7. The molecule has 5 atom stereocenters. The molecule has 1 unspecified atom stereocenters. The summed E-state index contributed by atoms with van der Waals surface area (Å²) < 4.78 is 83.5. The number of sulfonamides is 1. The minimum atomic E-state index is -4.63. The number of nitrogens with two attached hydrogens (primary N) is 1. The molecule has 0 radical (unpaired) electrons. The monoisotopic (exact) mass is 737 g/mol. The molecule has 3 fully saturated rings. The number of carbonyl (C=O) groups is 3. The van der Waals surface area contributed by atoms with Crippen molar-refractivity contribution in [1.82, 2.24) is 19.9 Å². The standard InChI is InChI=1S/C34H42F3N5O8S/c1-19-26(48-2)13-12-23-27(15-28(39-29(19)23)49-18-34(35,36)37)50-21-14-25-30(43)40-33(32(45)41-51(46,47)22-10-11-22)16-20(33)8-6-4-3-5-7-9-24(38)31(44)42(25)17-21/h6,8,12-13,15,20-22,24-25H,3-5,7,9-11,14,16-18,38H2,1-2H3,(H,40,43)(H,41,45)/b8-6-/t20?,21-,24+,25+,33-/m1/s1. The lowest BCUT2D eigenvalue weighted by Crippen LogP contribution is -2.57. The minimum absolute atomic E-state index is 0.0550. The fourth-order valence-electron chi connectivity index (χ4n) is 6.83. The molecule has 2 aliphatic carbocycles. The minimum Gasteiger partial charge on any atom is -0.496 e. The van der Waals surface area contributed by atoms with Crippen LogP contribution in [0.1, 0.15) is 63.4 Å². The van der Waals surface area contributed by atoms with Gasteiger partial charge in [0.2, 0.25) is 27.7 Å². The maximum atomic E-state index is 14.1. The number of fused-ring (bicyclic) bond motifs is 3. The van der Waals surface area contributed by atoms with E-state index in [-0.39, 0.29) is 36.5 Å². The molecule has 6 rings (SSSR count). The molecule has 3 amide bonds. The zero-order valence-corrected chi connectivity index (χ0v) is 29.1. The smallest absolute Gasteiger partial charge is 0.422 e. The van der Waals surface area contributed by atoms with E-state index in [1.807, 2.05) is 12.2 Å². The van der Waals surface area contributed by atoms with Crippen molar-refractivity contribution in [3.05, 3.63) is 35.9 Å². The molecular formula is C34H42F3N5O8S. The summed E-state index contributed by atoms with van der Waals surface area (Å²) in [6, 6.07) is 2.45. The Morgan fingerprint density at radius 3 is 2.63 bits per heavy atom. The Morgan fingerprint density at radius 1 is 1.16 bits per heavy atom. The van der Waals surface area contributed by atoms with Crippen LogP contribution >= 0.6 is 0 Å². The first-order valence-corrected chi connectivity index (χ1v) is 18.6. The van der Waals surface area contributed by atoms with Crippen LogP contribution < -0.4 is 30.0 Å². The topological polar surface area (TPSA) is 179 Å². The van der Waals surface area contributed by atoms with E-state index in [0.717, 1.165) is 12.8 Å². The molecule has 1 aromatic heterocycles. The van der Waals surface area contributed by atoms with E-state index in [2.05, 4.69) is 15.0 Å².